The number of aromatic amines is 1. The molecule has 0 aliphatic rings. The minimum atomic E-state index is -0.493. The maximum Gasteiger partial charge on any atom is 0.295 e. The molecule has 0 aliphatic carbocycles. The van der Waals surface area contributed by atoms with Gasteiger partial charge in [0.2, 0.25) is 5.88 Å². The number of hydrogen-bond acceptors (Lipinski definition) is 4. The van der Waals surface area contributed by atoms with Crippen molar-refractivity contribution in [3.8, 4) is 11.6 Å². The van der Waals surface area contributed by atoms with Crippen LogP contribution in [-0.4, -0.2) is 22.6 Å². The first-order chi connectivity index (χ1) is 12.9. The highest BCUT2D eigenvalue weighted by molar-refractivity contribution is 9.10. The largest absolute Gasteiger partial charge is 0.494 e. The van der Waals surface area contributed by atoms with Crippen molar-refractivity contribution in [1.29, 1.82) is 0 Å². The number of carbonyl (C=O) groups excluding carboxylic acids is 1. The molecule has 1 amide bonds. The summed E-state index contributed by atoms with van der Waals surface area (Å²) >= 11 is 3.38. The Morgan fingerprint density at radius 2 is 1.96 bits per heavy atom. The molecule has 0 saturated heterocycles. The molecule has 3 rings (SSSR count). The Bertz CT molecular complexity index is 978. The first-order valence-electron chi connectivity index (χ1n) is 8.63. The van der Waals surface area contributed by atoms with Crippen LogP contribution in [0.2, 0.25) is 0 Å². The van der Waals surface area contributed by atoms with E-state index in [9.17, 15) is 9.90 Å². The molecule has 27 heavy (non-hydrogen) atoms. The summed E-state index contributed by atoms with van der Waals surface area (Å²) in [5.74, 6) is 0.664. The topological polar surface area (TPSA) is 87.0 Å². The predicted molar refractivity (Wildman–Crippen MR) is 108 cm³/mol. The lowest BCUT2D eigenvalue weighted by molar-refractivity contribution is 0.0995. The quantitative estimate of drug-likeness (QED) is 0.472. The van der Waals surface area contributed by atoms with E-state index in [4.69, 9.17) is 4.74 Å². The van der Waals surface area contributed by atoms with Gasteiger partial charge < -0.3 is 14.8 Å². The Morgan fingerprint density at radius 3 is 2.67 bits per heavy atom. The molecule has 0 saturated carbocycles. The van der Waals surface area contributed by atoms with Crippen molar-refractivity contribution in [2.24, 2.45) is 16.1 Å². The van der Waals surface area contributed by atoms with E-state index in [-0.39, 0.29) is 11.6 Å². The Balaban J connectivity index is 1.72. The molecule has 0 fully saturated rings. The standard InChI is InChI=1S/C20H20BrN3O3/c1-12(2)9-10-27-15-6-3-13(4-7-15)19(25)24-23-18-16-11-14(21)5-8-17(16)22-20(18)26/h3-8,11-12,22,26H,9-10H2,1-2H3. The van der Waals surface area contributed by atoms with Crippen molar-refractivity contribution in [3.63, 3.8) is 0 Å². The number of amides is 1. The van der Waals surface area contributed by atoms with E-state index in [1.54, 1.807) is 36.4 Å². The van der Waals surface area contributed by atoms with Crippen molar-refractivity contribution in [2.75, 3.05) is 6.61 Å². The molecular formula is C20H20BrN3O3. The van der Waals surface area contributed by atoms with Crippen LogP contribution in [0.1, 0.15) is 30.6 Å². The second kappa shape index (κ2) is 8.35. The van der Waals surface area contributed by atoms with E-state index in [0.717, 1.165) is 10.9 Å². The fraction of sp³-hybridized carbons (Fsp3) is 0.250. The summed E-state index contributed by atoms with van der Waals surface area (Å²) in [6, 6.07) is 12.2. The number of hydrogen-bond donors (Lipinski definition) is 2. The van der Waals surface area contributed by atoms with Gasteiger partial charge in [0.1, 0.15) is 5.75 Å². The van der Waals surface area contributed by atoms with Crippen molar-refractivity contribution in [1.82, 2.24) is 4.98 Å². The molecule has 0 radical (unpaired) electrons. The average Bonchev–Trinajstić information content (AvgIpc) is 2.94. The lowest BCUT2D eigenvalue weighted by Crippen LogP contribution is -2.01. The third kappa shape index (κ3) is 4.74. The molecule has 2 aromatic carbocycles. The third-order valence-electron chi connectivity index (χ3n) is 4.02. The number of rotatable bonds is 6. The minimum Gasteiger partial charge on any atom is -0.494 e. The van der Waals surface area contributed by atoms with Gasteiger partial charge in [-0.15, -0.1) is 10.2 Å². The zero-order valence-electron chi connectivity index (χ0n) is 15.1. The normalized spacial score (nSPS) is 11.6. The van der Waals surface area contributed by atoms with Crippen molar-refractivity contribution < 1.29 is 14.6 Å². The highest BCUT2D eigenvalue weighted by atomic mass is 79.9. The fourth-order valence-electron chi connectivity index (χ4n) is 2.50. The van der Waals surface area contributed by atoms with Gasteiger partial charge in [-0.05, 0) is 54.8 Å². The molecular weight excluding hydrogens is 410 g/mol. The summed E-state index contributed by atoms with van der Waals surface area (Å²) in [5.41, 5.74) is 1.34. The van der Waals surface area contributed by atoms with Crippen molar-refractivity contribution in [2.45, 2.75) is 20.3 Å². The SMILES string of the molecule is CC(C)CCOc1ccc(C(=O)N=Nc2c(O)[nH]c3ccc(Br)cc23)cc1. The number of carbonyl (C=O) groups is 1. The molecule has 0 aliphatic heterocycles. The second-order valence-corrected chi connectivity index (χ2v) is 7.49. The Kier molecular flexibility index (Phi) is 5.91. The van der Waals surface area contributed by atoms with Crippen molar-refractivity contribution in [3.05, 3.63) is 52.5 Å². The Hall–Kier alpha value is -2.67. The number of halogens is 1. The zero-order valence-corrected chi connectivity index (χ0v) is 16.7. The number of nitrogens with zero attached hydrogens (tertiary/aromatic N) is 2. The van der Waals surface area contributed by atoms with Crippen LogP contribution in [0.3, 0.4) is 0 Å². The van der Waals surface area contributed by atoms with Crippen molar-refractivity contribution >= 4 is 38.4 Å². The number of ether oxygens (including phenoxy) is 1. The van der Waals surface area contributed by atoms with Crippen LogP contribution >= 0.6 is 15.9 Å². The highest BCUT2D eigenvalue weighted by Crippen LogP contribution is 2.36. The smallest absolute Gasteiger partial charge is 0.295 e. The van der Waals surface area contributed by atoms with Crippen LogP contribution in [0.5, 0.6) is 11.6 Å². The molecule has 3 aromatic rings. The number of aromatic hydroxyl groups is 1. The molecule has 140 valence electrons. The Morgan fingerprint density at radius 1 is 1.22 bits per heavy atom. The van der Waals surface area contributed by atoms with E-state index in [0.29, 0.717) is 34.7 Å². The summed E-state index contributed by atoms with van der Waals surface area (Å²) in [6.07, 6.45) is 0.971. The number of nitrogens with one attached hydrogen (secondary N) is 1. The molecule has 0 unspecified atom stereocenters. The maximum atomic E-state index is 12.3. The van der Waals surface area contributed by atoms with Crippen LogP contribution in [-0.2, 0) is 0 Å². The monoisotopic (exact) mass is 429 g/mol. The van der Waals surface area contributed by atoms with E-state index in [1.807, 2.05) is 6.07 Å². The van der Waals surface area contributed by atoms with Gasteiger partial charge in [-0.25, -0.2) is 0 Å². The first kappa shape index (κ1) is 19.1. The van der Waals surface area contributed by atoms with Gasteiger partial charge in [0.15, 0.2) is 5.69 Å². The van der Waals surface area contributed by atoms with Crippen LogP contribution in [0.15, 0.2) is 57.2 Å². The average molecular weight is 430 g/mol. The maximum absolute atomic E-state index is 12.3. The van der Waals surface area contributed by atoms with E-state index in [2.05, 4.69) is 45.0 Å². The molecule has 7 heteroatoms. The van der Waals surface area contributed by atoms with Crippen LogP contribution in [0, 0.1) is 5.92 Å². The molecule has 1 aromatic heterocycles. The fourth-order valence-corrected chi connectivity index (χ4v) is 2.86. The lowest BCUT2D eigenvalue weighted by atomic mass is 10.1. The number of benzene rings is 2. The summed E-state index contributed by atoms with van der Waals surface area (Å²) < 4.78 is 6.48. The van der Waals surface area contributed by atoms with Gasteiger partial charge in [-0.3, -0.25) is 4.79 Å². The zero-order chi connectivity index (χ0) is 19.4. The first-order valence-corrected chi connectivity index (χ1v) is 9.42. The van der Waals surface area contributed by atoms with Crippen LogP contribution in [0.25, 0.3) is 10.9 Å². The van der Waals surface area contributed by atoms with Gasteiger partial charge in [0.25, 0.3) is 5.91 Å². The van der Waals surface area contributed by atoms with E-state index >= 15 is 0 Å². The van der Waals surface area contributed by atoms with Crippen LogP contribution in [0.4, 0.5) is 5.69 Å². The highest BCUT2D eigenvalue weighted by Gasteiger charge is 2.12. The lowest BCUT2D eigenvalue weighted by Gasteiger charge is -2.07. The summed E-state index contributed by atoms with van der Waals surface area (Å²) in [7, 11) is 0. The molecule has 6 nitrogen and oxygen atoms in total. The Labute approximate surface area is 165 Å². The van der Waals surface area contributed by atoms with Gasteiger partial charge in [-0.2, -0.15) is 0 Å². The van der Waals surface area contributed by atoms with E-state index in [1.165, 1.54) is 0 Å². The summed E-state index contributed by atoms with van der Waals surface area (Å²) in [5, 5.41) is 18.4. The second-order valence-electron chi connectivity index (χ2n) is 6.57. The minimum absolute atomic E-state index is 0.131. The summed E-state index contributed by atoms with van der Waals surface area (Å²) in [4.78, 5) is 15.1. The van der Waals surface area contributed by atoms with Gasteiger partial charge in [-0.1, -0.05) is 29.8 Å². The van der Waals surface area contributed by atoms with E-state index < -0.39 is 5.91 Å². The predicted octanol–water partition coefficient (Wildman–Crippen LogP) is 5.99. The molecule has 0 spiro atoms. The molecule has 0 atom stereocenters. The number of azo groups is 1. The van der Waals surface area contributed by atoms with Gasteiger partial charge >= 0.3 is 0 Å². The third-order valence-corrected chi connectivity index (χ3v) is 4.51. The number of aromatic nitrogens is 1. The number of H-pyrrole nitrogens is 1. The number of fused-ring (bicyclic) bond motifs is 1. The molecule has 2 N–H and O–H groups in total. The van der Waals surface area contributed by atoms with Crippen LogP contribution < -0.4 is 4.74 Å². The van der Waals surface area contributed by atoms with Gasteiger partial charge in [0, 0.05) is 15.4 Å². The van der Waals surface area contributed by atoms with Gasteiger partial charge in [0.05, 0.1) is 12.1 Å². The molecule has 0 bridgehead atoms. The molecule has 1 heterocycles. The summed E-state index contributed by atoms with van der Waals surface area (Å²) in [6.45, 7) is 4.92.